The number of nitrogens with one attached hydrogen (secondary N) is 1. The second-order valence-electron chi connectivity index (χ2n) is 6.54. The van der Waals surface area contributed by atoms with Crippen LogP contribution in [0.1, 0.15) is 26.2 Å². The highest BCUT2D eigenvalue weighted by molar-refractivity contribution is 7.92. The van der Waals surface area contributed by atoms with Crippen LogP contribution in [0.25, 0.3) is 0 Å². The first-order valence-electron chi connectivity index (χ1n) is 8.60. The van der Waals surface area contributed by atoms with E-state index in [1.54, 1.807) is 0 Å². The summed E-state index contributed by atoms with van der Waals surface area (Å²) in [6.07, 6.45) is 2.72. The topological polar surface area (TPSA) is 83.6 Å². The Kier molecular flexibility index (Phi) is 5.81. The SMILES string of the molecule is CC1CCCCN1S(=O)(=O)c1ccc(NS(=O)(=O)c2ccc(Cl)cc2)cc1. The Morgan fingerprint density at radius 3 is 2.11 bits per heavy atom. The van der Waals surface area contributed by atoms with E-state index < -0.39 is 20.0 Å². The highest BCUT2D eigenvalue weighted by Gasteiger charge is 2.30. The van der Waals surface area contributed by atoms with Crippen molar-refractivity contribution in [1.82, 2.24) is 4.31 Å². The van der Waals surface area contributed by atoms with Gasteiger partial charge in [-0.25, -0.2) is 16.8 Å². The van der Waals surface area contributed by atoms with E-state index in [0.717, 1.165) is 19.3 Å². The minimum absolute atomic E-state index is 0.0353. The molecule has 0 aromatic heterocycles. The molecule has 0 bridgehead atoms. The van der Waals surface area contributed by atoms with Crippen LogP contribution < -0.4 is 4.72 Å². The highest BCUT2D eigenvalue weighted by Crippen LogP contribution is 2.26. The van der Waals surface area contributed by atoms with E-state index in [2.05, 4.69) is 4.72 Å². The lowest BCUT2D eigenvalue weighted by atomic mass is 10.1. The van der Waals surface area contributed by atoms with Crippen molar-refractivity contribution < 1.29 is 16.8 Å². The van der Waals surface area contributed by atoms with Gasteiger partial charge in [0.1, 0.15) is 0 Å². The fourth-order valence-corrected chi connectivity index (χ4v) is 5.97. The Morgan fingerprint density at radius 1 is 0.926 bits per heavy atom. The number of halogens is 1. The molecular formula is C18H21ClN2O4S2. The van der Waals surface area contributed by atoms with Gasteiger partial charge in [0.05, 0.1) is 9.79 Å². The molecule has 0 spiro atoms. The summed E-state index contributed by atoms with van der Waals surface area (Å²) in [7, 11) is -7.36. The number of benzene rings is 2. The normalized spacial score (nSPS) is 19.0. The zero-order valence-corrected chi connectivity index (χ0v) is 17.2. The molecule has 1 unspecified atom stereocenters. The molecule has 3 rings (SSSR count). The van der Waals surface area contributed by atoms with Crippen LogP contribution in [0.15, 0.2) is 58.3 Å². The maximum absolute atomic E-state index is 12.8. The van der Waals surface area contributed by atoms with Gasteiger partial charge < -0.3 is 0 Å². The largest absolute Gasteiger partial charge is 0.280 e. The predicted molar refractivity (Wildman–Crippen MR) is 106 cm³/mol. The van der Waals surface area contributed by atoms with Gasteiger partial charge in [-0.15, -0.1) is 0 Å². The van der Waals surface area contributed by atoms with Gasteiger partial charge in [0.2, 0.25) is 10.0 Å². The highest BCUT2D eigenvalue weighted by atomic mass is 35.5. The Morgan fingerprint density at radius 2 is 1.52 bits per heavy atom. The summed E-state index contributed by atoms with van der Waals surface area (Å²) >= 11 is 5.78. The Labute approximate surface area is 165 Å². The lowest BCUT2D eigenvalue weighted by Crippen LogP contribution is -2.41. The summed E-state index contributed by atoms with van der Waals surface area (Å²) in [5, 5.41) is 0.440. The molecule has 1 saturated heterocycles. The van der Waals surface area contributed by atoms with Crippen molar-refractivity contribution in [2.24, 2.45) is 0 Å². The van der Waals surface area contributed by atoms with Crippen LogP contribution in [0, 0.1) is 0 Å². The molecule has 6 nitrogen and oxygen atoms in total. The molecule has 1 N–H and O–H groups in total. The van der Waals surface area contributed by atoms with E-state index in [-0.39, 0.29) is 21.5 Å². The van der Waals surface area contributed by atoms with Gasteiger partial charge in [-0.05, 0) is 68.3 Å². The molecule has 2 aromatic rings. The molecule has 27 heavy (non-hydrogen) atoms. The van der Waals surface area contributed by atoms with Crippen LogP contribution in [0.2, 0.25) is 5.02 Å². The van der Waals surface area contributed by atoms with Crippen LogP contribution in [0.5, 0.6) is 0 Å². The van der Waals surface area contributed by atoms with E-state index in [1.807, 2.05) is 6.92 Å². The van der Waals surface area contributed by atoms with Gasteiger partial charge in [0, 0.05) is 23.3 Å². The number of piperidine rings is 1. The molecule has 1 aliphatic rings. The molecule has 9 heteroatoms. The zero-order valence-electron chi connectivity index (χ0n) is 14.8. The van der Waals surface area contributed by atoms with Crippen molar-refractivity contribution in [2.45, 2.75) is 42.0 Å². The smallest absolute Gasteiger partial charge is 0.261 e. The van der Waals surface area contributed by atoms with Crippen LogP contribution in [-0.2, 0) is 20.0 Å². The van der Waals surface area contributed by atoms with Gasteiger partial charge in [-0.3, -0.25) is 4.72 Å². The maximum Gasteiger partial charge on any atom is 0.261 e. The molecule has 0 saturated carbocycles. The average molecular weight is 429 g/mol. The molecule has 2 aromatic carbocycles. The first-order valence-corrected chi connectivity index (χ1v) is 11.9. The number of hydrogen-bond donors (Lipinski definition) is 1. The summed E-state index contributed by atoms with van der Waals surface area (Å²) in [5.74, 6) is 0. The molecular weight excluding hydrogens is 408 g/mol. The molecule has 1 atom stereocenters. The van der Waals surface area contributed by atoms with E-state index in [1.165, 1.54) is 52.8 Å². The third-order valence-corrected chi connectivity index (χ3v) is 8.26. The second kappa shape index (κ2) is 7.79. The summed E-state index contributed by atoms with van der Waals surface area (Å²) in [4.78, 5) is 0.233. The maximum atomic E-state index is 12.8. The third-order valence-electron chi connectivity index (χ3n) is 4.58. The van der Waals surface area contributed by atoms with Gasteiger partial charge in [-0.2, -0.15) is 4.31 Å². The minimum Gasteiger partial charge on any atom is -0.280 e. The Hall–Kier alpha value is -1.61. The summed E-state index contributed by atoms with van der Waals surface area (Å²) < 4.78 is 54.4. The van der Waals surface area contributed by atoms with Gasteiger partial charge in [-0.1, -0.05) is 18.0 Å². The quantitative estimate of drug-likeness (QED) is 0.786. The van der Waals surface area contributed by atoms with Crippen LogP contribution in [0.4, 0.5) is 5.69 Å². The van der Waals surface area contributed by atoms with Crippen molar-refractivity contribution in [1.29, 1.82) is 0 Å². The lowest BCUT2D eigenvalue weighted by Gasteiger charge is -2.32. The van der Waals surface area contributed by atoms with Crippen LogP contribution >= 0.6 is 11.6 Å². The van der Waals surface area contributed by atoms with E-state index in [0.29, 0.717) is 11.6 Å². The predicted octanol–water partition coefficient (Wildman–Crippen LogP) is 3.70. The van der Waals surface area contributed by atoms with Crippen LogP contribution in [0.3, 0.4) is 0 Å². The average Bonchev–Trinajstić information content (AvgIpc) is 2.62. The van der Waals surface area contributed by atoms with Crippen LogP contribution in [-0.4, -0.2) is 33.7 Å². The van der Waals surface area contributed by atoms with Crippen molar-refractivity contribution in [3.05, 3.63) is 53.6 Å². The van der Waals surface area contributed by atoms with Gasteiger partial charge >= 0.3 is 0 Å². The minimum atomic E-state index is -3.78. The molecule has 1 fully saturated rings. The van der Waals surface area contributed by atoms with Crippen molar-refractivity contribution in [3.8, 4) is 0 Å². The standard InChI is InChI=1S/C18H21ClN2O4S2/c1-14-4-2-3-13-21(14)27(24,25)18-11-7-16(8-12-18)20-26(22,23)17-9-5-15(19)6-10-17/h5-12,14,20H,2-4,13H2,1H3. The van der Waals surface area contributed by atoms with E-state index in [4.69, 9.17) is 11.6 Å². The first kappa shape index (κ1) is 20.1. The fraction of sp³-hybridized carbons (Fsp3) is 0.333. The number of anilines is 1. The van der Waals surface area contributed by atoms with Gasteiger partial charge in [0.25, 0.3) is 10.0 Å². The third kappa shape index (κ3) is 4.45. The second-order valence-corrected chi connectivity index (χ2v) is 10.6. The molecule has 0 amide bonds. The Bertz CT molecular complexity index is 1000. The zero-order chi connectivity index (χ0) is 19.7. The van der Waals surface area contributed by atoms with Crippen molar-refractivity contribution in [3.63, 3.8) is 0 Å². The summed E-state index contributed by atoms with van der Waals surface area (Å²) in [5.41, 5.74) is 0.288. The van der Waals surface area contributed by atoms with E-state index in [9.17, 15) is 16.8 Å². The molecule has 1 heterocycles. The summed E-state index contributed by atoms with van der Waals surface area (Å²) in [6, 6.07) is 11.5. The molecule has 1 aliphatic heterocycles. The molecule has 0 radical (unpaired) electrons. The molecule has 146 valence electrons. The van der Waals surface area contributed by atoms with Crippen molar-refractivity contribution in [2.75, 3.05) is 11.3 Å². The molecule has 0 aliphatic carbocycles. The van der Waals surface area contributed by atoms with Gasteiger partial charge in [0.15, 0.2) is 0 Å². The monoisotopic (exact) mass is 428 g/mol. The lowest BCUT2D eigenvalue weighted by molar-refractivity contribution is 0.268. The fourth-order valence-electron chi connectivity index (χ4n) is 3.09. The number of sulfonamides is 2. The Balaban J connectivity index is 1.80. The summed E-state index contributed by atoms with van der Waals surface area (Å²) in [6.45, 7) is 2.42. The number of hydrogen-bond acceptors (Lipinski definition) is 4. The number of nitrogens with zero attached hydrogens (tertiary/aromatic N) is 1. The number of rotatable bonds is 5. The first-order chi connectivity index (χ1) is 12.7. The van der Waals surface area contributed by atoms with Crippen molar-refractivity contribution >= 4 is 37.3 Å². The van der Waals surface area contributed by atoms with E-state index >= 15 is 0 Å².